The first-order valence-electron chi connectivity index (χ1n) is 7.07. The predicted octanol–water partition coefficient (Wildman–Crippen LogP) is 2.65. The highest BCUT2D eigenvalue weighted by molar-refractivity contribution is 6.22. The molecule has 108 valence electrons. The number of carbonyl (C=O) groups is 2. The number of nitrogens with zero attached hydrogens (tertiary/aromatic N) is 1. The first-order chi connectivity index (χ1) is 9.36. The molecule has 1 unspecified atom stereocenters. The number of nitrogens with one attached hydrogen (secondary N) is 1. The van der Waals surface area contributed by atoms with Crippen LogP contribution in [-0.4, -0.2) is 18.4 Å². The van der Waals surface area contributed by atoms with Gasteiger partial charge in [0, 0.05) is 12.5 Å². The standard InChI is InChI=1S/C16H22N2O2/c1-5-17-11(2)12-6-8-13(9-7-12)18-14(19)10-16(3,4)15(18)20/h6-9,11,17H,5,10H2,1-4H3. The number of hydrogen-bond acceptors (Lipinski definition) is 3. The molecule has 2 rings (SSSR count). The molecule has 1 aromatic carbocycles. The molecule has 1 atom stereocenters. The van der Waals surface area contributed by atoms with Gasteiger partial charge in [-0.15, -0.1) is 0 Å². The van der Waals surface area contributed by atoms with Gasteiger partial charge in [0.1, 0.15) is 0 Å². The fraction of sp³-hybridized carbons (Fsp3) is 0.500. The molecule has 0 aromatic heterocycles. The Balaban J connectivity index is 2.23. The Hall–Kier alpha value is -1.68. The molecule has 4 heteroatoms. The van der Waals surface area contributed by atoms with Crippen LogP contribution in [0, 0.1) is 5.41 Å². The fourth-order valence-electron chi connectivity index (χ4n) is 2.55. The number of benzene rings is 1. The lowest BCUT2D eigenvalue weighted by Crippen LogP contribution is -2.32. The summed E-state index contributed by atoms with van der Waals surface area (Å²) in [5, 5.41) is 3.33. The van der Waals surface area contributed by atoms with E-state index in [1.807, 2.05) is 38.1 Å². The van der Waals surface area contributed by atoms with Crippen LogP contribution in [-0.2, 0) is 9.59 Å². The van der Waals surface area contributed by atoms with Crippen molar-refractivity contribution in [1.82, 2.24) is 5.32 Å². The van der Waals surface area contributed by atoms with Gasteiger partial charge in [0.05, 0.1) is 11.1 Å². The first-order valence-corrected chi connectivity index (χ1v) is 7.07. The van der Waals surface area contributed by atoms with Crippen LogP contribution in [0.25, 0.3) is 0 Å². The molecule has 0 saturated carbocycles. The van der Waals surface area contributed by atoms with E-state index < -0.39 is 5.41 Å². The summed E-state index contributed by atoms with van der Waals surface area (Å²) in [6.45, 7) is 8.69. The minimum Gasteiger partial charge on any atom is -0.310 e. The number of imide groups is 1. The Labute approximate surface area is 120 Å². The smallest absolute Gasteiger partial charge is 0.239 e. The van der Waals surface area contributed by atoms with Crippen molar-refractivity contribution >= 4 is 17.5 Å². The van der Waals surface area contributed by atoms with Gasteiger partial charge in [0.25, 0.3) is 0 Å². The zero-order chi connectivity index (χ0) is 14.9. The van der Waals surface area contributed by atoms with Crippen molar-refractivity contribution in [3.8, 4) is 0 Å². The first kappa shape index (κ1) is 14.7. The molecule has 0 spiro atoms. The van der Waals surface area contributed by atoms with Crippen LogP contribution < -0.4 is 10.2 Å². The Morgan fingerprint density at radius 2 is 1.85 bits per heavy atom. The third-order valence-electron chi connectivity index (χ3n) is 3.79. The van der Waals surface area contributed by atoms with Crippen molar-refractivity contribution in [3.63, 3.8) is 0 Å². The largest absolute Gasteiger partial charge is 0.310 e. The van der Waals surface area contributed by atoms with Crippen LogP contribution in [0.5, 0.6) is 0 Å². The van der Waals surface area contributed by atoms with E-state index in [-0.39, 0.29) is 24.3 Å². The van der Waals surface area contributed by atoms with Crippen molar-refractivity contribution in [2.75, 3.05) is 11.4 Å². The number of anilines is 1. The minimum absolute atomic E-state index is 0.116. The molecule has 2 amide bonds. The van der Waals surface area contributed by atoms with Crippen molar-refractivity contribution in [2.45, 2.75) is 40.2 Å². The van der Waals surface area contributed by atoms with E-state index in [9.17, 15) is 9.59 Å². The van der Waals surface area contributed by atoms with Crippen molar-refractivity contribution in [2.24, 2.45) is 5.41 Å². The number of rotatable bonds is 4. The van der Waals surface area contributed by atoms with Crippen LogP contribution in [0.2, 0.25) is 0 Å². The summed E-state index contributed by atoms with van der Waals surface area (Å²) in [5.74, 6) is -0.234. The van der Waals surface area contributed by atoms with Crippen LogP contribution in [0.1, 0.15) is 45.7 Å². The van der Waals surface area contributed by atoms with Crippen molar-refractivity contribution in [3.05, 3.63) is 29.8 Å². The number of carbonyl (C=O) groups excluding carboxylic acids is 2. The molecule has 1 N–H and O–H groups in total. The molecule has 1 heterocycles. The van der Waals surface area contributed by atoms with E-state index in [2.05, 4.69) is 19.2 Å². The van der Waals surface area contributed by atoms with E-state index in [1.54, 1.807) is 0 Å². The summed E-state index contributed by atoms with van der Waals surface area (Å²) in [5.41, 5.74) is 1.22. The van der Waals surface area contributed by atoms with Gasteiger partial charge in [-0.1, -0.05) is 32.9 Å². The summed E-state index contributed by atoms with van der Waals surface area (Å²) < 4.78 is 0. The Bertz CT molecular complexity index is 520. The van der Waals surface area contributed by atoms with Crippen molar-refractivity contribution < 1.29 is 9.59 Å². The van der Waals surface area contributed by atoms with Crippen LogP contribution in [0.4, 0.5) is 5.69 Å². The van der Waals surface area contributed by atoms with Gasteiger partial charge < -0.3 is 5.32 Å². The lowest BCUT2D eigenvalue weighted by molar-refractivity contribution is -0.124. The van der Waals surface area contributed by atoms with Gasteiger partial charge in [-0.2, -0.15) is 0 Å². The van der Waals surface area contributed by atoms with E-state index in [0.717, 1.165) is 12.1 Å². The van der Waals surface area contributed by atoms with Gasteiger partial charge in [-0.25, -0.2) is 0 Å². The molecule has 4 nitrogen and oxygen atoms in total. The van der Waals surface area contributed by atoms with Gasteiger partial charge in [-0.05, 0) is 31.2 Å². The van der Waals surface area contributed by atoms with Gasteiger partial charge in [0.2, 0.25) is 11.8 Å². The average Bonchev–Trinajstić information content (AvgIpc) is 2.59. The summed E-state index contributed by atoms with van der Waals surface area (Å²) in [6, 6.07) is 7.89. The third-order valence-corrected chi connectivity index (χ3v) is 3.79. The average molecular weight is 274 g/mol. The normalized spacial score (nSPS) is 19.5. The molecule has 0 radical (unpaired) electrons. The maximum atomic E-state index is 12.3. The van der Waals surface area contributed by atoms with E-state index in [4.69, 9.17) is 0 Å². The SMILES string of the molecule is CCNC(C)c1ccc(N2C(=O)CC(C)(C)C2=O)cc1. The molecule has 0 aliphatic carbocycles. The molecule has 1 aliphatic heterocycles. The number of hydrogen-bond donors (Lipinski definition) is 1. The molecular weight excluding hydrogens is 252 g/mol. The second kappa shape index (κ2) is 5.37. The summed E-state index contributed by atoms with van der Waals surface area (Å²) in [4.78, 5) is 25.6. The molecule has 20 heavy (non-hydrogen) atoms. The lowest BCUT2D eigenvalue weighted by atomic mass is 9.92. The summed E-state index contributed by atoms with van der Waals surface area (Å²) in [6.07, 6.45) is 0.279. The molecular formula is C16H22N2O2. The van der Waals surface area contributed by atoms with Crippen molar-refractivity contribution in [1.29, 1.82) is 0 Å². The number of amides is 2. The predicted molar refractivity (Wildman–Crippen MR) is 79.4 cm³/mol. The quantitative estimate of drug-likeness (QED) is 0.859. The second-order valence-corrected chi connectivity index (χ2v) is 5.97. The minimum atomic E-state index is -0.590. The fourth-order valence-corrected chi connectivity index (χ4v) is 2.55. The highest BCUT2D eigenvalue weighted by Crippen LogP contribution is 2.35. The Kier molecular flexibility index (Phi) is 3.95. The Morgan fingerprint density at radius 3 is 2.30 bits per heavy atom. The zero-order valence-corrected chi connectivity index (χ0v) is 12.6. The monoisotopic (exact) mass is 274 g/mol. The Morgan fingerprint density at radius 1 is 1.25 bits per heavy atom. The second-order valence-electron chi connectivity index (χ2n) is 5.97. The highest BCUT2D eigenvalue weighted by atomic mass is 16.2. The maximum absolute atomic E-state index is 12.3. The highest BCUT2D eigenvalue weighted by Gasteiger charge is 2.45. The van der Waals surface area contributed by atoms with E-state index >= 15 is 0 Å². The van der Waals surface area contributed by atoms with Gasteiger partial charge in [0.15, 0.2) is 0 Å². The van der Waals surface area contributed by atoms with Crippen LogP contribution in [0.3, 0.4) is 0 Å². The molecule has 1 fully saturated rings. The third kappa shape index (κ3) is 2.61. The van der Waals surface area contributed by atoms with Gasteiger partial charge >= 0.3 is 0 Å². The van der Waals surface area contributed by atoms with Crippen LogP contribution >= 0.6 is 0 Å². The molecule has 1 aliphatic rings. The summed E-state index contributed by atoms with van der Waals surface area (Å²) in [7, 11) is 0. The van der Waals surface area contributed by atoms with E-state index in [1.165, 1.54) is 4.90 Å². The molecule has 1 aromatic rings. The maximum Gasteiger partial charge on any atom is 0.239 e. The zero-order valence-electron chi connectivity index (χ0n) is 12.6. The van der Waals surface area contributed by atoms with Gasteiger partial charge in [-0.3, -0.25) is 14.5 Å². The van der Waals surface area contributed by atoms with Crippen LogP contribution in [0.15, 0.2) is 24.3 Å². The summed E-state index contributed by atoms with van der Waals surface area (Å²) >= 11 is 0. The molecule has 1 saturated heterocycles. The molecule has 0 bridgehead atoms. The topological polar surface area (TPSA) is 49.4 Å². The van der Waals surface area contributed by atoms with E-state index in [0.29, 0.717) is 5.69 Å². The lowest BCUT2D eigenvalue weighted by Gasteiger charge is -2.19.